The van der Waals surface area contributed by atoms with Crippen LogP contribution in [-0.2, 0) is 15.3 Å². The quantitative estimate of drug-likeness (QED) is 0.558. The average Bonchev–Trinajstić information content (AvgIpc) is 3.13. The van der Waals surface area contributed by atoms with Crippen molar-refractivity contribution >= 4 is 51.9 Å². The summed E-state index contributed by atoms with van der Waals surface area (Å²) in [7, 11) is 0. The second-order valence-corrected chi connectivity index (χ2v) is 9.09. The van der Waals surface area contributed by atoms with Crippen molar-refractivity contribution in [1.29, 1.82) is 0 Å². The Balaban J connectivity index is 1.51. The van der Waals surface area contributed by atoms with Crippen molar-refractivity contribution in [2.24, 2.45) is 9.98 Å². The van der Waals surface area contributed by atoms with Gasteiger partial charge in [-0.3, -0.25) is 14.6 Å². The van der Waals surface area contributed by atoms with Crippen LogP contribution in [0.25, 0.3) is 0 Å². The Morgan fingerprint density at radius 2 is 2.06 bits per heavy atom. The summed E-state index contributed by atoms with van der Waals surface area (Å²) in [6, 6.07) is 14.8. The maximum atomic E-state index is 13.3. The molecule has 0 saturated carbocycles. The summed E-state index contributed by atoms with van der Waals surface area (Å²) >= 11 is 7.59. The smallest absolute Gasteiger partial charge is 0.259 e. The number of unbranched alkanes of at least 4 members (excludes halogenated alkanes) is 1. The third-order valence-electron chi connectivity index (χ3n) is 5.30. The van der Waals surface area contributed by atoms with Crippen LogP contribution in [0, 0.1) is 0 Å². The van der Waals surface area contributed by atoms with E-state index in [2.05, 4.69) is 12.2 Å². The molecule has 1 atom stereocenters. The van der Waals surface area contributed by atoms with E-state index in [1.807, 2.05) is 48.5 Å². The lowest BCUT2D eigenvalue weighted by atomic mass is 10.1. The molecule has 166 valence electrons. The van der Waals surface area contributed by atoms with E-state index in [1.165, 1.54) is 11.8 Å². The van der Waals surface area contributed by atoms with Crippen molar-refractivity contribution in [2.75, 3.05) is 6.54 Å². The number of halogens is 1. The van der Waals surface area contributed by atoms with Gasteiger partial charge in [0.25, 0.3) is 5.91 Å². The van der Waals surface area contributed by atoms with E-state index in [9.17, 15) is 9.59 Å². The molecule has 2 aliphatic heterocycles. The molecule has 0 fully saturated rings. The van der Waals surface area contributed by atoms with Crippen LogP contribution in [-0.4, -0.2) is 40.3 Å². The molecule has 0 aliphatic carbocycles. The molecule has 6 nitrogen and oxygen atoms in total. The zero-order valence-electron chi connectivity index (χ0n) is 17.9. The summed E-state index contributed by atoms with van der Waals surface area (Å²) in [5, 5.41) is 4.18. The van der Waals surface area contributed by atoms with Crippen LogP contribution in [0.15, 0.2) is 58.5 Å². The maximum Gasteiger partial charge on any atom is 0.259 e. The Morgan fingerprint density at radius 1 is 1.22 bits per heavy atom. The number of nitrogens with one attached hydrogen (secondary N) is 1. The van der Waals surface area contributed by atoms with Gasteiger partial charge in [-0.1, -0.05) is 61.0 Å². The van der Waals surface area contributed by atoms with Gasteiger partial charge in [0.1, 0.15) is 11.9 Å². The van der Waals surface area contributed by atoms with Crippen molar-refractivity contribution in [1.82, 2.24) is 10.2 Å². The van der Waals surface area contributed by atoms with Crippen molar-refractivity contribution in [2.45, 2.75) is 44.4 Å². The second kappa shape index (κ2) is 10.3. The van der Waals surface area contributed by atoms with E-state index in [1.54, 1.807) is 4.90 Å². The number of aliphatic imine (C=N–C) groups is 2. The van der Waals surface area contributed by atoms with Crippen LogP contribution >= 0.6 is 23.4 Å². The minimum absolute atomic E-state index is 0.0408. The minimum Gasteiger partial charge on any atom is -0.356 e. The number of benzene rings is 2. The number of thioether (sulfide) groups is 1. The predicted molar refractivity (Wildman–Crippen MR) is 131 cm³/mol. The lowest BCUT2D eigenvalue weighted by molar-refractivity contribution is -0.125. The highest BCUT2D eigenvalue weighted by atomic mass is 35.5. The number of para-hydroxylation sites is 1. The molecule has 2 heterocycles. The Labute approximate surface area is 197 Å². The highest BCUT2D eigenvalue weighted by molar-refractivity contribution is 8.13. The number of amidine groups is 2. The van der Waals surface area contributed by atoms with Gasteiger partial charge >= 0.3 is 0 Å². The van der Waals surface area contributed by atoms with Gasteiger partial charge in [-0.05, 0) is 42.7 Å². The highest BCUT2D eigenvalue weighted by Gasteiger charge is 2.41. The van der Waals surface area contributed by atoms with Gasteiger partial charge in [-0.25, -0.2) is 9.89 Å². The lowest BCUT2D eigenvalue weighted by Gasteiger charge is -2.25. The number of carbonyl (C=O) groups excluding carboxylic acids is 2. The molecule has 8 heteroatoms. The van der Waals surface area contributed by atoms with Gasteiger partial charge in [0.05, 0.1) is 5.69 Å². The minimum atomic E-state index is -0.579. The zero-order chi connectivity index (χ0) is 22.5. The molecular formula is C24H25ClN4O2S. The van der Waals surface area contributed by atoms with E-state index < -0.39 is 6.04 Å². The number of carbonyl (C=O) groups is 2. The molecule has 2 amide bonds. The van der Waals surface area contributed by atoms with Gasteiger partial charge in [-0.15, -0.1) is 0 Å². The Kier molecular flexibility index (Phi) is 7.27. The molecule has 2 aromatic rings. The first-order chi connectivity index (χ1) is 15.6. The molecule has 0 saturated heterocycles. The fourth-order valence-corrected chi connectivity index (χ4v) is 4.78. The first-order valence-corrected chi connectivity index (χ1v) is 12.2. The Morgan fingerprint density at radius 3 is 2.88 bits per heavy atom. The summed E-state index contributed by atoms with van der Waals surface area (Å²) in [4.78, 5) is 36.5. The van der Waals surface area contributed by atoms with Gasteiger partial charge in [-0.2, -0.15) is 0 Å². The van der Waals surface area contributed by atoms with Crippen LogP contribution < -0.4 is 5.32 Å². The second-order valence-electron chi connectivity index (χ2n) is 7.71. The Bertz CT molecular complexity index is 1090. The van der Waals surface area contributed by atoms with E-state index in [0.29, 0.717) is 34.7 Å². The third-order valence-corrected chi connectivity index (χ3v) is 6.55. The van der Waals surface area contributed by atoms with Gasteiger partial charge < -0.3 is 5.32 Å². The highest BCUT2D eigenvalue weighted by Crippen LogP contribution is 2.35. The number of rotatable bonds is 8. The van der Waals surface area contributed by atoms with Crippen LogP contribution in [0.5, 0.6) is 0 Å². The van der Waals surface area contributed by atoms with Crippen molar-refractivity contribution in [3.63, 3.8) is 0 Å². The molecule has 1 N–H and O–H groups in total. The van der Waals surface area contributed by atoms with Crippen molar-refractivity contribution in [3.05, 3.63) is 64.7 Å². The lowest BCUT2D eigenvalue weighted by Crippen LogP contribution is -2.41. The van der Waals surface area contributed by atoms with Crippen LogP contribution in [0.4, 0.5) is 5.69 Å². The molecule has 2 aliphatic rings. The fraction of sp³-hybridized carbons (Fsp3) is 0.333. The van der Waals surface area contributed by atoms with Crippen molar-refractivity contribution < 1.29 is 9.59 Å². The Hall–Kier alpha value is -2.64. The van der Waals surface area contributed by atoms with Gasteiger partial charge in [0.2, 0.25) is 5.91 Å². The molecule has 0 bridgehead atoms. The molecule has 0 spiro atoms. The molecule has 0 radical (unpaired) electrons. The van der Waals surface area contributed by atoms with E-state index in [0.717, 1.165) is 29.7 Å². The third kappa shape index (κ3) is 5.05. The van der Waals surface area contributed by atoms with Crippen LogP contribution in [0.3, 0.4) is 0 Å². The summed E-state index contributed by atoms with van der Waals surface area (Å²) in [5.41, 5.74) is 2.68. The normalized spacial score (nSPS) is 16.9. The van der Waals surface area contributed by atoms with Crippen LogP contribution in [0.1, 0.15) is 43.7 Å². The summed E-state index contributed by atoms with van der Waals surface area (Å²) < 4.78 is 0. The molecule has 2 aromatic carbocycles. The van der Waals surface area contributed by atoms with Crippen molar-refractivity contribution in [3.8, 4) is 0 Å². The summed E-state index contributed by atoms with van der Waals surface area (Å²) in [6.07, 6.45) is 2.63. The monoisotopic (exact) mass is 468 g/mol. The molecular weight excluding hydrogens is 444 g/mol. The number of nitrogens with zero attached hydrogens (tertiary/aromatic N) is 3. The first-order valence-electron chi connectivity index (χ1n) is 10.8. The number of fused-ring (bicyclic) bond motifs is 3. The summed E-state index contributed by atoms with van der Waals surface area (Å²) in [6.45, 7) is 2.75. The predicted octanol–water partition coefficient (Wildman–Crippen LogP) is 4.93. The maximum absolute atomic E-state index is 13.3. The van der Waals surface area contributed by atoms with Gasteiger partial charge in [0, 0.05) is 29.3 Å². The van der Waals surface area contributed by atoms with Gasteiger partial charge in [0.15, 0.2) is 5.17 Å². The zero-order valence-corrected chi connectivity index (χ0v) is 19.5. The first kappa shape index (κ1) is 22.6. The fourth-order valence-electron chi connectivity index (χ4n) is 3.62. The summed E-state index contributed by atoms with van der Waals surface area (Å²) in [5.74, 6) is 1.07. The molecule has 1 unspecified atom stereocenters. The molecule has 4 rings (SSSR count). The average molecular weight is 469 g/mol. The molecule has 0 aromatic heterocycles. The van der Waals surface area contributed by atoms with E-state index in [4.69, 9.17) is 21.6 Å². The standard InChI is InChI=1S/C24H25ClN4O2S/c1-2-3-13-26-21(30)12-11-20-23(31)29-22(27-20)18-9-4-5-10-19(18)28-24(29)32-15-16-7-6-8-17(25)14-16/h4-10,14,20H,2-3,11-13,15H2,1H3,(H,26,30). The molecule has 32 heavy (non-hydrogen) atoms. The van der Waals surface area contributed by atoms with E-state index >= 15 is 0 Å². The topological polar surface area (TPSA) is 74.1 Å². The SMILES string of the molecule is CCCCNC(=O)CCC1N=C2c3ccccc3N=C(SCc3cccc(Cl)c3)N2C1=O. The van der Waals surface area contributed by atoms with E-state index in [-0.39, 0.29) is 18.2 Å². The van der Waals surface area contributed by atoms with Crippen LogP contribution in [0.2, 0.25) is 5.02 Å². The largest absolute Gasteiger partial charge is 0.356 e. The number of amides is 2. The number of hydrogen-bond donors (Lipinski definition) is 1. The number of hydrogen-bond acceptors (Lipinski definition) is 5.